The molecule has 3 rings (SSSR count). The fourth-order valence-corrected chi connectivity index (χ4v) is 3.80. The van der Waals surface area contributed by atoms with E-state index in [1.54, 1.807) is 0 Å². The van der Waals surface area contributed by atoms with Crippen LogP contribution >= 0.6 is 0 Å². The van der Waals surface area contributed by atoms with Crippen LogP contribution in [0.5, 0.6) is 0 Å². The van der Waals surface area contributed by atoms with Crippen molar-refractivity contribution in [1.82, 2.24) is 25.0 Å². The second kappa shape index (κ2) is 4.87. The van der Waals surface area contributed by atoms with Crippen LogP contribution in [0.25, 0.3) is 0 Å². The summed E-state index contributed by atoms with van der Waals surface area (Å²) in [5.41, 5.74) is 0.399. The predicted octanol–water partition coefficient (Wildman–Crippen LogP) is 0.992. The molecule has 0 radical (unpaired) electrons. The molecule has 1 atom stereocenters. The Morgan fingerprint density at radius 3 is 2.68 bits per heavy atom. The van der Waals surface area contributed by atoms with E-state index in [0.717, 1.165) is 19.6 Å². The first-order valence-corrected chi connectivity index (χ1v) is 7.41. The fourth-order valence-electron chi connectivity index (χ4n) is 3.80. The summed E-state index contributed by atoms with van der Waals surface area (Å²) in [6.45, 7) is 9.22. The van der Waals surface area contributed by atoms with Gasteiger partial charge in [0.2, 0.25) is 0 Å². The first-order chi connectivity index (χ1) is 9.12. The largest absolute Gasteiger partial charge is 0.320 e. The zero-order valence-electron chi connectivity index (χ0n) is 12.3. The summed E-state index contributed by atoms with van der Waals surface area (Å²) in [6, 6.07) is 0.616. The Hall–Kier alpha value is -0.940. The Bertz CT molecular complexity index is 433. The minimum absolute atomic E-state index is 0.399. The van der Waals surface area contributed by atoms with E-state index < -0.39 is 0 Å². The smallest absolute Gasteiger partial charge is 0.137 e. The molecule has 0 saturated carbocycles. The van der Waals surface area contributed by atoms with E-state index in [9.17, 15) is 0 Å². The molecule has 5 heteroatoms. The van der Waals surface area contributed by atoms with Crippen molar-refractivity contribution in [2.75, 3.05) is 26.2 Å². The molecule has 0 aliphatic carbocycles. The molecule has 0 bridgehead atoms. The SMILES string of the molecule is CC(C)N1CC(c2nncn2C)C2(CCNCC2)C1. The quantitative estimate of drug-likeness (QED) is 0.864. The van der Waals surface area contributed by atoms with Crippen LogP contribution in [-0.4, -0.2) is 51.9 Å². The molecule has 1 aromatic heterocycles. The number of hydrogen-bond donors (Lipinski definition) is 1. The highest BCUT2D eigenvalue weighted by Gasteiger charge is 2.49. The Morgan fingerprint density at radius 1 is 1.37 bits per heavy atom. The number of likely N-dealkylation sites (tertiary alicyclic amines) is 1. The van der Waals surface area contributed by atoms with Crippen molar-refractivity contribution in [3.05, 3.63) is 12.2 Å². The number of nitrogens with one attached hydrogen (secondary N) is 1. The number of hydrogen-bond acceptors (Lipinski definition) is 4. The van der Waals surface area contributed by atoms with Crippen LogP contribution in [0.1, 0.15) is 38.4 Å². The van der Waals surface area contributed by atoms with Crippen molar-refractivity contribution in [2.24, 2.45) is 12.5 Å². The lowest BCUT2D eigenvalue weighted by Crippen LogP contribution is -2.42. The van der Waals surface area contributed by atoms with Crippen LogP contribution in [0.2, 0.25) is 0 Å². The van der Waals surface area contributed by atoms with Crippen LogP contribution in [0.15, 0.2) is 6.33 Å². The van der Waals surface area contributed by atoms with Gasteiger partial charge in [-0.3, -0.25) is 4.90 Å². The van der Waals surface area contributed by atoms with Gasteiger partial charge in [0.05, 0.1) is 0 Å². The van der Waals surface area contributed by atoms with Gasteiger partial charge in [0.1, 0.15) is 12.2 Å². The van der Waals surface area contributed by atoms with Crippen molar-refractivity contribution < 1.29 is 0 Å². The van der Waals surface area contributed by atoms with Crippen molar-refractivity contribution in [3.63, 3.8) is 0 Å². The first-order valence-electron chi connectivity index (χ1n) is 7.41. The Morgan fingerprint density at radius 2 is 2.11 bits per heavy atom. The number of nitrogens with zero attached hydrogens (tertiary/aromatic N) is 4. The molecule has 2 saturated heterocycles. The van der Waals surface area contributed by atoms with Crippen molar-refractivity contribution in [2.45, 2.75) is 38.6 Å². The highest BCUT2D eigenvalue weighted by atomic mass is 15.3. The van der Waals surface area contributed by atoms with E-state index in [1.165, 1.54) is 25.2 Å². The summed E-state index contributed by atoms with van der Waals surface area (Å²) in [4.78, 5) is 2.62. The van der Waals surface area contributed by atoms with E-state index in [-0.39, 0.29) is 0 Å². The van der Waals surface area contributed by atoms with Crippen LogP contribution in [0.4, 0.5) is 0 Å². The third-order valence-electron chi connectivity index (χ3n) is 5.06. The normalized spacial score (nSPS) is 27.5. The predicted molar refractivity (Wildman–Crippen MR) is 75.0 cm³/mol. The molecule has 1 spiro atoms. The molecule has 3 heterocycles. The van der Waals surface area contributed by atoms with Crippen LogP contribution < -0.4 is 5.32 Å². The molecular weight excluding hydrogens is 238 g/mol. The van der Waals surface area contributed by atoms with Gasteiger partial charge in [-0.15, -0.1) is 10.2 Å². The third kappa shape index (κ3) is 2.19. The van der Waals surface area contributed by atoms with Crippen molar-refractivity contribution >= 4 is 0 Å². The van der Waals surface area contributed by atoms with E-state index in [4.69, 9.17) is 0 Å². The molecule has 0 aromatic carbocycles. The van der Waals surface area contributed by atoms with Gasteiger partial charge >= 0.3 is 0 Å². The fraction of sp³-hybridized carbons (Fsp3) is 0.857. The van der Waals surface area contributed by atoms with E-state index in [1.807, 2.05) is 6.33 Å². The number of aromatic nitrogens is 3. The molecule has 1 unspecified atom stereocenters. The molecule has 5 nitrogen and oxygen atoms in total. The van der Waals surface area contributed by atoms with Crippen LogP contribution in [0.3, 0.4) is 0 Å². The summed E-state index contributed by atoms with van der Waals surface area (Å²) < 4.78 is 2.11. The van der Waals surface area contributed by atoms with Crippen LogP contribution in [-0.2, 0) is 7.05 Å². The zero-order chi connectivity index (χ0) is 13.5. The van der Waals surface area contributed by atoms with Crippen LogP contribution in [0, 0.1) is 5.41 Å². The summed E-state index contributed by atoms with van der Waals surface area (Å²) in [5.74, 6) is 1.70. The highest BCUT2D eigenvalue weighted by Crippen LogP contribution is 2.48. The molecule has 19 heavy (non-hydrogen) atoms. The summed E-state index contributed by atoms with van der Waals surface area (Å²) >= 11 is 0. The van der Waals surface area contributed by atoms with E-state index >= 15 is 0 Å². The number of piperidine rings is 1. The third-order valence-corrected chi connectivity index (χ3v) is 5.06. The van der Waals surface area contributed by atoms with Gasteiger partial charge < -0.3 is 9.88 Å². The second-order valence-electron chi connectivity index (χ2n) is 6.49. The molecule has 106 valence electrons. The Kier molecular flexibility index (Phi) is 3.35. The van der Waals surface area contributed by atoms with E-state index in [2.05, 4.69) is 45.9 Å². The molecule has 1 N–H and O–H groups in total. The number of rotatable bonds is 2. The Labute approximate surface area is 115 Å². The standard InChI is InChI=1S/C14H25N5/c1-11(2)19-8-12(13-17-16-10-18(13)3)14(9-19)4-6-15-7-5-14/h10-12,15H,4-9H2,1-3H3. The maximum Gasteiger partial charge on any atom is 0.137 e. The molecule has 2 aliphatic rings. The average molecular weight is 263 g/mol. The van der Waals surface area contributed by atoms with Gasteiger partial charge in [-0.2, -0.15) is 0 Å². The van der Waals surface area contributed by atoms with Gasteiger partial charge in [-0.25, -0.2) is 0 Å². The topological polar surface area (TPSA) is 46.0 Å². The summed E-state index contributed by atoms with van der Waals surface area (Å²) in [5, 5.41) is 12.0. The zero-order valence-corrected chi connectivity index (χ0v) is 12.3. The maximum atomic E-state index is 4.41. The Balaban J connectivity index is 1.93. The van der Waals surface area contributed by atoms with Gasteiger partial charge in [-0.05, 0) is 45.2 Å². The molecule has 2 fully saturated rings. The van der Waals surface area contributed by atoms with Gasteiger partial charge in [0.15, 0.2) is 0 Å². The van der Waals surface area contributed by atoms with Crippen molar-refractivity contribution in [1.29, 1.82) is 0 Å². The lowest BCUT2D eigenvalue weighted by atomic mass is 9.71. The summed E-state index contributed by atoms with van der Waals surface area (Å²) in [7, 11) is 2.07. The highest BCUT2D eigenvalue weighted by molar-refractivity contribution is 5.13. The van der Waals surface area contributed by atoms with Gasteiger partial charge in [0, 0.05) is 32.1 Å². The molecule has 0 amide bonds. The lowest BCUT2D eigenvalue weighted by molar-refractivity contribution is 0.166. The lowest BCUT2D eigenvalue weighted by Gasteiger charge is -2.38. The monoisotopic (exact) mass is 263 g/mol. The molecule has 1 aromatic rings. The minimum Gasteiger partial charge on any atom is -0.320 e. The second-order valence-corrected chi connectivity index (χ2v) is 6.49. The molecule has 2 aliphatic heterocycles. The van der Waals surface area contributed by atoms with Gasteiger partial charge in [0.25, 0.3) is 0 Å². The van der Waals surface area contributed by atoms with Gasteiger partial charge in [-0.1, -0.05) is 0 Å². The maximum absolute atomic E-state index is 4.41. The van der Waals surface area contributed by atoms with Crippen molar-refractivity contribution in [3.8, 4) is 0 Å². The minimum atomic E-state index is 0.399. The average Bonchev–Trinajstić information content (AvgIpc) is 2.95. The first kappa shape index (κ1) is 13.1. The van der Waals surface area contributed by atoms with E-state index in [0.29, 0.717) is 17.4 Å². The molecular formula is C14H25N5. The summed E-state index contributed by atoms with van der Waals surface area (Å²) in [6.07, 6.45) is 4.35. The number of aryl methyl sites for hydroxylation is 1.